The van der Waals surface area contributed by atoms with Crippen LogP contribution in [0.15, 0.2) is 42.5 Å². The van der Waals surface area contributed by atoms with E-state index in [1.165, 1.54) is 6.07 Å². The Bertz CT molecular complexity index is 1090. The summed E-state index contributed by atoms with van der Waals surface area (Å²) in [5.74, 6) is 0.577. The first kappa shape index (κ1) is 17.9. The number of benzene rings is 2. The number of nitrogens with zero attached hydrogens (tertiary/aromatic N) is 3. The molecule has 136 valence electrons. The number of nitro benzene ring substituents is 1. The first-order chi connectivity index (χ1) is 12.3. The second kappa shape index (κ2) is 6.75. The lowest BCUT2D eigenvalue weighted by molar-refractivity contribution is -0.385. The summed E-state index contributed by atoms with van der Waals surface area (Å²) in [4.78, 5) is 14.9. The molecule has 0 unspecified atom stereocenters. The molecule has 0 saturated heterocycles. The summed E-state index contributed by atoms with van der Waals surface area (Å²) in [5.41, 5.74) is 2.33. The fraction of sp³-hybridized carbons (Fsp3) is 0.235. The van der Waals surface area contributed by atoms with E-state index in [-0.39, 0.29) is 17.9 Å². The zero-order chi connectivity index (χ0) is 18.9. The number of hydrogen-bond acceptors (Lipinski definition) is 5. The summed E-state index contributed by atoms with van der Waals surface area (Å²) in [5, 5.41) is 11.0. The van der Waals surface area contributed by atoms with Gasteiger partial charge in [-0.1, -0.05) is 18.2 Å². The molecule has 3 rings (SSSR count). The fourth-order valence-electron chi connectivity index (χ4n) is 2.76. The first-order valence-corrected chi connectivity index (χ1v) is 9.58. The summed E-state index contributed by atoms with van der Waals surface area (Å²) in [6, 6.07) is 11.3. The minimum Gasteiger partial charge on any atom is -0.331 e. The molecule has 0 aliphatic heterocycles. The fourth-order valence-corrected chi connectivity index (χ4v) is 3.84. The third-order valence-electron chi connectivity index (χ3n) is 4.21. The number of aryl methyl sites for hydroxylation is 3. The Hall–Kier alpha value is -2.94. The van der Waals surface area contributed by atoms with Crippen LogP contribution in [0.3, 0.4) is 0 Å². The summed E-state index contributed by atoms with van der Waals surface area (Å²) < 4.78 is 29.1. The maximum absolute atomic E-state index is 12.4. The molecule has 9 heteroatoms. The van der Waals surface area contributed by atoms with Gasteiger partial charge < -0.3 is 4.57 Å². The van der Waals surface area contributed by atoms with E-state index in [0.717, 1.165) is 11.3 Å². The van der Waals surface area contributed by atoms with E-state index >= 15 is 0 Å². The molecular formula is C17H18N4O4S. The minimum absolute atomic E-state index is 0.0530. The molecule has 0 radical (unpaired) electrons. The van der Waals surface area contributed by atoms with E-state index in [0.29, 0.717) is 16.8 Å². The molecule has 1 aromatic heterocycles. The summed E-state index contributed by atoms with van der Waals surface area (Å²) >= 11 is 0. The van der Waals surface area contributed by atoms with Crippen molar-refractivity contribution >= 4 is 32.4 Å². The van der Waals surface area contributed by atoms with Crippen molar-refractivity contribution in [2.24, 2.45) is 7.05 Å². The van der Waals surface area contributed by atoms with Gasteiger partial charge in [0.25, 0.3) is 5.69 Å². The standard InChI is InChI=1S/C17H18N4O4S/c1-12-18-15-11-14(7-8-17(15)20(12)2)19-26(24,25)10-9-13-5-3-4-6-16(13)21(22)23/h3-8,11,19H,9-10H2,1-2H3. The van der Waals surface area contributed by atoms with Crippen molar-refractivity contribution in [2.75, 3.05) is 10.5 Å². The number of nitrogens with one attached hydrogen (secondary N) is 1. The second-order valence-electron chi connectivity index (χ2n) is 5.98. The van der Waals surface area contributed by atoms with Crippen LogP contribution in [0.5, 0.6) is 0 Å². The maximum Gasteiger partial charge on any atom is 0.272 e. The van der Waals surface area contributed by atoms with Crippen molar-refractivity contribution in [3.8, 4) is 0 Å². The largest absolute Gasteiger partial charge is 0.331 e. The maximum atomic E-state index is 12.4. The Morgan fingerprint density at radius 1 is 1.23 bits per heavy atom. The van der Waals surface area contributed by atoms with E-state index in [4.69, 9.17) is 0 Å². The average molecular weight is 374 g/mol. The molecule has 8 nitrogen and oxygen atoms in total. The predicted molar refractivity (Wildman–Crippen MR) is 99.7 cm³/mol. The number of sulfonamides is 1. The lowest BCUT2D eigenvalue weighted by Gasteiger charge is -2.08. The number of anilines is 1. The van der Waals surface area contributed by atoms with Gasteiger partial charge in [-0.25, -0.2) is 13.4 Å². The number of fused-ring (bicyclic) bond motifs is 1. The summed E-state index contributed by atoms with van der Waals surface area (Å²) in [6.45, 7) is 1.87. The molecule has 3 aromatic rings. The highest BCUT2D eigenvalue weighted by molar-refractivity contribution is 7.92. The number of aromatic nitrogens is 2. The van der Waals surface area contributed by atoms with Crippen molar-refractivity contribution < 1.29 is 13.3 Å². The van der Waals surface area contributed by atoms with Crippen LogP contribution in [-0.4, -0.2) is 28.6 Å². The SMILES string of the molecule is Cc1nc2cc(NS(=O)(=O)CCc3ccccc3[N+](=O)[O-])ccc2n1C. The van der Waals surface area contributed by atoms with Crippen LogP contribution < -0.4 is 4.72 Å². The molecule has 1 N–H and O–H groups in total. The monoisotopic (exact) mass is 374 g/mol. The van der Waals surface area contributed by atoms with Gasteiger partial charge in [-0.15, -0.1) is 0 Å². The van der Waals surface area contributed by atoms with Gasteiger partial charge in [0.05, 0.1) is 27.4 Å². The van der Waals surface area contributed by atoms with Crippen molar-refractivity contribution in [3.63, 3.8) is 0 Å². The van der Waals surface area contributed by atoms with Crippen LogP contribution in [-0.2, 0) is 23.5 Å². The Labute approximate surface area is 150 Å². The average Bonchev–Trinajstić information content (AvgIpc) is 2.87. The van der Waals surface area contributed by atoms with Crippen molar-refractivity contribution in [2.45, 2.75) is 13.3 Å². The third kappa shape index (κ3) is 3.67. The van der Waals surface area contributed by atoms with Gasteiger partial charge in [-0.05, 0) is 31.5 Å². The third-order valence-corrected chi connectivity index (χ3v) is 5.49. The number of imidazole rings is 1. The van der Waals surface area contributed by atoms with Crippen LogP contribution in [0.1, 0.15) is 11.4 Å². The van der Waals surface area contributed by atoms with Crippen LogP contribution in [0.25, 0.3) is 11.0 Å². The zero-order valence-corrected chi connectivity index (χ0v) is 15.2. The molecule has 26 heavy (non-hydrogen) atoms. The van der Waals surface area contributed by atoms with Gasteiger partial charge in [0.15, 0.2) is 0 Å². The van der Waals surface area contributed by atoms with E-state index in [9.17, 15) is 18.5 Å². The highest BCUT2D eigenvalue weighted by Crippen LogP contribution is 2.22. The predicted octanol–water partition coefficient (Wildman–Crippen LogP) is 2.77. The normalized spacial score (nSPS) is 11.6. The summed E-state index contributed by atoms with van der Waals surface area (Å²) in [6.07, 6.45) is 0.0530. The molecular weight excluding hydrogens is 356 g/mol. The van der Waals surface area contributed by atoms with Crippen molar-refractivity contribution in [1.29, 1.82) is 0 Å². The Morgan fingerprint density at radius 3 is 2.69 bits per heavy atom. The van der Waals surface area contributed by atoms with E-state index in [1.54, 1.807) is 36.4 Å². The van der Waals surface area contributed by atoms with Crippen LogP contribution in [0.2, 0.25) is 0 Å². The van der Waals surface area contributed by atoms with Gasteiger partial charge in [0.2, 0.25) is 10.0 Å². The first-order valence-electron chi connectivity index (χ1n) is 7.93. The summed E-state index contributed by atoms with van der Waals surface area (Å²) in [7, 11) is -1.76. The number of rotatable bonds is 6. The Balaban J connectivity index is 1.76. The van der Waals surface area contributed by atoms with Gasteiger partial charge in [-0.2, -0.15) is 0 Å². The smallest absolute Gasteiger partial charge is 0.272 e. The van der Waals surface area contributed by atoms with Crippen LogP contribution in [0, 0.1) is 17.0 Å². The molecule has 0 bridgehead atoms. The minimum atomic E-state index is -3.65. The van der Waals surface area contributed by atoms with Gasteiger partial charge in [0.1, 0.15) is 5.82 Å². The van der Waals surface area contributed by atoms with Crippen molar-refractivity contribution in [3.05, 3.63) is 64.0 Å². The lowest BCUT2D eigenvalue weighted by atomic mass is 10.1. The van der Waals surface area contributed by atoms with Gasteiger partial charge in [-0.3, -0.25) is 14.8 Å². The topological polar surface area (TPSA) is 107 Å². The van der Waals surface area contributed by atoms with E-state index < -0.39 is 14.9 Å². The molecule has 0 aliphatic rings. The van der Waals surface area contributed by atoms with Crippen LogP contribution in [0.4, 0.5) is 11.4 Å². The lowest BCUT2D eigenvalue weighted by Crippen LogP contribution is -2.18. The van der Waals surface area contributed by atoms with E-state index in [2.05, 4.69) is 9.71 Å². The van der Waals surface area contributed by atoms with Gasteiger partial charge >= 0.3 is 0 Å². The quantitative estimate of drug-likeness (QED) is 0.527. The molecule has 0 aliphatic carbocycles. The molecule has 0 atom stereocenters. The second-order valence-corrected chi connectivity index (χ2v) is 7.82. The molecule has 0 fully saturated rings. The molecule has 1 heterocycles. The highest BCUT2D eigenvalue weighted by atomic mass is 32.2. The molecule has 0 spiro atoms. The van der Waals surface area contributed by atoms with Crippen LogP contribution >= 0.6 is 0 Å². The van der Waals surface area contributed by atoms with Crippen molar-refractivity contribution in [1.82, 2.24) is 9.55 Å². The van der Waals surface area contributed by atoms with E-state index in [1.807, 2.05) is 18.5 Å². The van der Waals surface area contributed by atoms with Gasteiger partial charge in [0, 0.05) is 18.7 Å². The number of hydrogen-bond donors (Lipinski definition) is 1. The number of nitro groups is 1. The molecule has 0 amide bonds. The molecule has 2 aromatic carbocycles. The molecule has 0 saturated carbocycles. The zero-order valence-electron chi connectivity index (χ0n) is 14.3. The Morgan fingerprint density at radius 2 is 1.96 bits per heavy atom. The highest BCUT2D eigenvalue weighted by Gasteiger charge is 2.17. The number of para-hydroxylation sites is 1. The Kier molecular flexibility index (Phi) is 4.64.